The smallest absolute Gasteiger partial charge is 0.262 e. The van der Waals surface area contributed by atoms with Crippen molar-refractivity contribution < 1.29 is 9.53 Å². The first-order valence-corrected chi connectivity index (χ1v) is 6.80. The van der Waals surface area contributed by atoms with Gasteiger partial charge in [0.05, 0.1) is 5.69 Å². The molecule has 0 spiro atoms. The molecule has 2 N–H and O–H groups in total. The molecule has 0 aliphatic carbocycles. The van der Waals surface area contributed by atoms with E-state index in [4.69, 9.17) is 4.74 Å². The number of fused-ring (bicyclic) bond motifs is 1. The van der Waals surface area contributed by atoms with Crippen LogP contribution in [0.2, 0.25) is 0 Å². The Morgan fingerprint density at radius 1 is 1.26 bits per heavy atom. The molecule has 3 rings (SSSR count). The van der Waals surface area contributed by atoms with Crippen LogP contribution < -0.4 is 15.4 Å². The van der Waals surface area contributed by atoms with Crippen molar-refractivity contribution in [3.63, 3.8) is 0 Å². The Bertz CT molecular complexity index is 470. The average Bonchev–Trinajstić information content (AvgIpc) is 2.46. The van der Waals surface area contributed by atoms with Crippen molar-refractivity contribution >= 4 is 11.6 Å². The number of carbonyl (C=O) groups is 1. The fraction of sp³-hybridized carbons (Fsp3) is 0.500. The van der Waals surface area contributed by atoms with Gasteiger partial charge in [-0.25, -0.2) is 0 Å². The number of hydrogen-bond donors (Lipinski definition) is 2. The van der Waals surface area contributed by atoms with E-state index in [-0.39, 0.29) is 12.5 Å². The first-order valence-electron chi connectivity index (χ1n) is 6.80. The summed E-state index contributed by atoms with van der Waals surface area (Å²) in [5, 5.41) is 6.27. The van der Waals surface area contributed by atoms with E-state index in [1.807, 2.05) is 12.1 Å². The molecule has 1 aromatic carbocycles. The minimum Gasteiger partial charge on any atom is -0.482 e. The molecule has 0 unspecified atom stereocenters. The van der Waals surface area contributed by atoms with Gasteiger partial charge in [-0.15, -0.1) is 0 Å². The van der Waals surface area contributed by atoms with Crippen molar-refractivity contribution in [2.45, 2.75) is 6.42 Å². The van der Waals surface area contributed by atoms with Crippen LogP contribution in [0, 0.1) is 0 Å². The maximum Gasteiger partial charge on any atom is 0.262 e. The third kappa shape index (κ3) is 2.88. The Morgan fingerprint density at radius 2 is 2.11 bits per heavy atom. The predicted molar refractivity (Wildman–Crippen MR) is 73.6 cm³/mol. The number of rotatable bonds is 3. The summed E-state index contributed by atoms with van der Waals surface area (Å²) in [6, 6.07) is 5.96. The van der Waals surface area contributed by atoms with Crippen LogP contribution in [0.25, 0.3) is 0 Å². The zero-order valence-corrected chi connectivity index (χ0v) is 10.9. The molecule has 0 atom stereocenters. The van der Waals surface area contributed by atoms with E-state index in [0.29, 0.717) is 0 Å². The number of para-hydroxylation sites is 1. The maximum atomic E-state index is 11.4. The van der Waals surface area contributed by atoms with Crippen molar-refractivity contribution in [1.29, 1.82) is 0 Å². The van der Waals surface area contributed by atoms with Crippen molar-refractivity contribution in [3.05, 3.63) is 23.8 Å². The molecule has 1 saturated heterocycles. The quantitative estimate of drug-likeness (QED) is 0.830. The number of ether oxygens (including phenoxy) is 1. The first-order chi connectivity index (χ1) is 9.33. The molecular weight excluding hydrogens is 242 g/mol. The van der Waals surface area contributed by atoms with E-state index >= 15 is 0 Å². The largest absolute Gasteiger partial charge is 0.482 e. The minimum absolute atomic E-state index is 0.0675. The zero-order valence-electron chi connectivity index (χ0n) is 10.9. The number of hydrogen-bond acceptors (Lipinski definition) is 4. The van der Waals surface area contributed by atoms with E-state index in [2.05, 4.69) is 21.6 Å². The molecule has 0 radical (unpaired) electrons. The molecule has 19 heavy (non-hydrogen) atoms. The molecule has 102 valence electrons. The minimum atomic E-state index is -0.0675. The third-order valence-corrected chi connectivity index (χ3v) is 3.64. The summed E-state index contributed by atoms with van der Waals surface area (Å²) in [5.74, 6) is 0.722. The Labute approximate surface area is 112 Å². The van der Waals surface area contributed by atoms with E-state index in [9.17, 15) is 4.79 Å². The van der Waals surface area contributed by atoms with Crippen molar-refractivity contribution in [3.8, 4) is 5.75 Å². The van der Waals surface area contributed by atoms with Crippen LogP contribution in [-0.2, 0) is 11.2 Å². The maximum absolute atomic E-state index is 11.4. The SMILES string of the molecule is O=C1COc2cccc(CCN3CCNCC3)c2N1. The Balaban J connectivity index is 1.68. The summed E-state index contributed by atoms with van der Waals surface area (Å²) < 4.78 is 5.43. The van der Waals surface area contributed by atoms with E-state index < -0.39 is 0 Å². The number of carbonyl (C=O) groups excluding carboxylic acids is 1. The normalized spacial score (nSPS) is 19.5. The lowest BCUT2D eigenvalue weighted by Gasteiger charge is -2.28. The van der Waals surface area contributed by atoms with Crippen molar-refractivity contribution in [1.82, 2.24) is 10.2 Å². The lowest BCUT2D eigenvalue weighted by Crippen LogP contribution is -2.44. The molecular formula is C14H19N3O2. The van der Waals surface area contributed by atoms with Gasteiger partial charge in [-0.2, -0.15) is 0 Å². The lowest BCUT2D eigenvalue weighted by molar-refractivity contribution is -0.118. The second-order valence-electron chi connectivity index (χ2n) is 4.97. The highest BCUT2D eigenvalue weighted by molar-refractivity contribution is 5.96. The van der Waals surface area contributed by atoms with E-state index in [1.165, 1.54) is 0 Å². The molecule has 5 heteroatoms. The van der Waals surface area contributed by atoms with Crippen LogP contribution in [0.5, 0.6) is 5.75 Å². The molecule has 0 aromatic heterocycles. The van der Waals surface area contributed by atoms with E-state index in [1.54, 1.807) is 0 Å². The summed E-state index contributed by atoms with van der Waals surface area (Å²) in [4.78, 5) is 13.9. The molecule has 2 heterocycles. The molecule has 2 aliphatic heterocycles. The molecule has 0 bridgehead atoms. The van der Waals surface area contributed by atoms with Crippen LogP contribution in [0.1, 0.15) is 5.56 Å². The van der Waals surface area contributed by atoms with Crippen molar-refractivity contribution in [2.24, 2.45) is 0 Å². The number of benzene rings is 1. The highest BCUT2D eigenvalue weighted by Gasteiger charge is 2.19. The lowest BCUT2D eigenvalue weighted by atomic mass is 10.1. The Hall–Kier alpha value is -1.59. The van der Waals surface area contributed by atoms with Crippen LogP contribution >= 0.6 is 0 Å². The number of amides is 1. The van der Waals surface area contributed by atoms with Gasteiger partial charge in [-0.3, -0.25) is 4.79 Å². The van der Waals surface area contributed by atoms with Gasteiger partial charge in [0.2, 0.25) is 0 Å². The fourth-order valence-corrected chi connectivity index (χ4v) is 2.58. The van der Waals surface area contributed by atoms with Crippen LogP contribution in [-0.4, -0.2) is 50.1 Å². The van der Waals surface area contributed by atoms with Gasteiger partial charge in [0.15, 0.2) is 6.61 Å². The fourth-order valence-electron chi connectivity index (χ4n) is 2.58. The Kier molecular flexibility index (Phi) is 3.66. The number of anilines is 1. The summed E-state index contributed by atoms with van der Waals surface area (Å²) >= 11 is 0. The van der Waals surface area contributed by atoms with Gasteiger partial charge in [-0.05, 0) is 18.1 Å². The summed E-state index contributed by atoms with van der Waals surface area (Å²) in [6.07, 6.45) is 0.937. The molecule has 2 aliphatic rings. The molecule has 5 nitrogen and oxygen atoms in total. The van der Waals surface area contributed by atoms with Gasteiger partial charge in [0.1, 0.15) is 5.75 Å². The zero-order chi connectivity index (χ0) is 13.1. The topological polar surface area (TPSA) is 53.6 Å². The van der Waals surface area contributed by atoms with Gasteiger partial charge in [0, 0.05) is 32.7 Å². The summed E-state index contributed by atoms with van der Waals surface area (Å²) in [6.45, 7) is 5.46. The van der Waals surface area contributed by atoms with Gasteiger partial charge < -0.3 is 20.3 Å². The second-order valence-corrected chi connectivity index (χ2v) is 4.97. The van der Waals surface area contributed by atoms with Gasteiger partial charge in [-0.1, -0.05) is 12.1 Å². The number of piperazine rings is 1. The molecule has 1 amide bonds. The predicted octanol–water partition coefficient (Wildman–Crippen LogP) is 0.465. The molecule has 1 aromatic rings. The van der Waals surface area contributed by atoms with Crippen LogP contribution in [0.3, 0.4) is 0 Å². The molecule has 0 saturated carbocycles. The highest BCUT2D eigenvalue weighted by atomic mass is 16.5. The monoisotopic (exact) mass is 261 g/mol. The number of nitrogens with one attached hydrogen (secondary N) is 2. The van der Waals surface area contributed by atoms with Crippen LogP contribution in [0.15, 0.2) is 18.2 Å². The molecule has 1 fully saturated rings. The standard InChI is InChI=1S/C14H19N3O2/c18-13-10-19-12-3-1-2-11(14(12)16-13)4-7-17-8-5-15-6-9-17/h1-3,15H,4-10H2,(H,16,18). The van der Waals surface area contributed by atoms with Crippen molar-refractivity contribution in [2.75, 3.05) is 44.6 Å². The number of nitrogens with zero attached hydrogens (tertiary/aromatic N) is 1. The third-order valence-electron chi connectivity index (χ3n) is 3.64. The van der Waals surface area contributed by atoms with Gasteiger partial charge >= 0.3 is 0 Å². The van der Waals surface area contributed by atoms with Crippen LogP contribution in [0.4, 0.5) is 5.69 Å². The summed E-state index contributed by atoms with van der Waals surface area (Å²) in [5.41, 5.74) is 2.01. The van der Waals surface area contributed by atoms with Gasteiger partial charge in [0.25, 0.3) is 5.91 Å². The van der Waals surface area contributed by atoms with E-state index in [0.717, 1.165) is 56.1 Å². The highest BCUT2D eigenvalue weighted by Crippen LogP contribution is 2.31. The summed E-state index contributed by atoms with van der Waals surface area (Å²) in [7, 11) is 0. The first kappa shape index (κ1) is 12.4. The second kappa shape index (κ2) is 5.59. The Morgan fingerprint density at radius 3 is 2.95 bits per heavy atom. The average molecular weight is 261 g/mol.